The Morgan fingerprint density at radius 2 is 1.80 bits per heavy atom. The number of hydrogen-bond acceptors (Lipinski definition) is 3. The van der Waals surface area contributed by atoms with Crippen molar-refractivity contribution >= 4 is 5.97 Å². The third kappa shape index (κ3) is 7.92. The number of carboxylic acid groups (broad SMARTS) is 1. The number of carbonyl (C=O) groups is 1. The Morgan fingerprint density at radius 3 is 2.35 bits per heavy atom. The van der Waals surface area contributed by atoms with Crippen molar-refractivity contribution in [1.29, 1.82) is 0 Å². The summed E-state index contributed by atoms with van der Waals surface area (Å²) >= 11 is 0. The minimum atomic E-state index is -0.717. The van der Waals surface area contributed by atoms with Crippen LogP contribution in [0.3, 0.4) is 0 Å². The van der Waals surface area contributed by atoms with Gasteiger partial charge >= 0.3 is 5.97 Å². The topological polar surface area (TPSA) is 60.8 Å². The SMILES string of the molecule is O=C(O)CCCc1ccccc1.OCCN1CCCC1. The number of aliphatic carboxylic acids is 1. The third-order valence-corrected chi connectivity index (χ3v) is 3.31. The zero-order valence-corrected chi connectivity index (χ0v) is 12.0. The lowest BCUT2D eigenvalue weighted by molar-refractivity contribution is -0.137. The zero-order valence-electron chi connectivity index (χ0n) is 12.0. The van der Waals surface area contributed by atoms with Gasteiger partial charge in [-0.1, -0.05) is 30.3 Å². The first-order chi connectivity index (χ1) is 9.72. The molecule has 0 aromatic heterocycles. The quantitative estimate of drug-likeness (QED) is 0.838. The standard InChI is InChI=1S/C10H12O2.C6H13NO/c11-10(12)8-4-7-9-5-2-1-3-6-9;8-6-5-7-3-1-2-4-7/h1-3,5-6H,4,7-8H2,(H,11,12);8H,1-6H2. The molecule has 0 aliphatic carbocycles. The van der Waals surface area contributed by atoms with Gasteiger partial charge in [0.1, 0.15) is 0 Å². The number of aryl methyl sites for hydroxylation is 1. The van der Waals surface area contributed by atoms with Crippen molar-refractivity contribution in [2.75, 3.05) is 26.2 Å². The van der Waals surface area contributed by atoms with Gasteiger partial charge in [-0.25, -0.2) is 0 Å². The molecule has 1 heterocycles. The largest absolute Gasteiger partial charge is 0.481 e. The van der Waals surface area contributed by atoms with E-state index < -0.39 is 5.97 Å². The van der Waals surface area contributed by atoms with Crippen LogP contribution in [-0.4, -0.2) is 47.3 Å². The van der Waals surface area contributed by atoms with Gasteiger partial charge < -0.3 is 15.1 Å². The van der Waals surface area contributed by atoms with Crippen LogP contribution < -0.4 is 0 Å². The highest BCUT2D eigenvalue weighted by Gasteiger charge is 2.08. The molecule has 20 heavy (non-hydrogen) atoms. The number of hydrogen-bond donors (Lipinski definition) is 2. The van der Waals surface area contributed by atoms with E-state index in [-0.39, 0.29) is 6.42 Å². The molecule has 1 aliphatic heterocycles. The number of carboxylic acids is 1. The van der Waals surface area contributed by atoms with E-state index in [0.29, 0.717) is 6.61 Å². The average molecular weight is 279 g/mol. The summed E-state index contributed by atoms with van der Waals surface area (Å²) in [5.41, 5.74) is 1.21. The monoisotopic (exact) mass is 279 g/mol. The van der Waals surface area contributed by atoms with E-state index in [9.17, 15) is 4.79 Å². The molecule has 1 aliphatic rings. The van der Waals surface area contributed by atoms with E-state index in [4.69, 9.17) is 10.2 Å². The summed E-state index contributed by atoms with van der Waals surface area (Å²) in [7, 11) is 0. The zero-order chi connectivity index (χ0) is 14.6. The first kappa shape index (κ1) is 16.7. The molecule has 0 atom stereocenters. The Kier molecular flexibility index (Phi) is 8.67. The molecule has 1 aromatic carbocycles. The van der Waals surface area contributed by atoms with Crippen molar-refractivity contribution in [2.45, 2.75) is 32.1 Å². The smallest absolute Gasteiger partial charge is 0.303 e. The fourth-order valence-electron chi connectivity index (χ4n) is 2.24. The summed E-state index contributed by atoms with van der Waals surface area (Å²) in [5.74, 6) is -0.717. The Hall–Kier alpha value is -1.39. The lowest BCUT2D eigenvalue weighted by atomic mass is 10.1. The van der Waals surface area contributed by atoms with Crippen LogP contribution in [0.5, 0.6) is 0 Å². The highest BCUT2D eigenvalue weighted by atomic mass is 16.4. The Morgan fingerprint density at radius 1 is 1.15 bits per heavy atom. The van der Waals surface area contributed by atoms with Crippen molar-refractivity contribution < 1.29 is 15.0 Å². The van der Waals surface area contributed by atoms with Crippen LogP contribution in [0.1, 0.15) is 31.2 Å². The molecule has 0 bridgehead atoms. The molecule has 1 aromatic rings. The second kappa shape index (κ2) is 10.4. The van der Waals surface area contributed by atoms with E-state index in [1.54, 1.807) is 0 Å². The van der Waals surface area contributed by atoms with Crippen LogP contribution in [0.25, 0.3) is 0 Å². The Labute approximate surface area is 121 Å². The van der Waals surface area contributed by atoms with E-state index in [0.717, 1.165) is 19.4 Å². The highest BCUT2D eigenvalue weighted by molar-refractivity contribution is 5.66. The number of β-amino-alcohol motifs (C(OH)–C–C–N with tert-alkyl or cyclic N) is 1. The van der Waals surface area contributed by atoms with Crippen molar-refractivity contribution in [3.05, 3.63) is 35.9 Å². The highest BCUT2D eigenvalue weighted by Crippen LogP contribution is 2.05. The van der Waals surface area contributed by atoms with Crippen LogP contribution in [0, 0.1) is 0 Å². The molecule has 1 saturated heterocycles. The van der Waals surface area contributed by atoms with E-state index >= 15 is 0 Å². The lowest BCUT2D eigenvalue weighted by Crippen LogP contribution is -2.22. The third-order valence-electron chi connectivity index (χ3n) is 3.31. The molecule has 4 nitrogen and oxygen atoms in total. The van der Waals surface area contributed by atoms with Gasteiger partial charge in [-0.05, 0) is 44.3 Å². The van der Waals surface area contributed by atoms with Gasteiger partial charge in [-0.2, -0.15) is 0 Å². The second-order valence-electron chi connectivity index (χ2n) is 5.01. The van der Waals surface area contributed by atoms with Crippen molar-refractivity contribution in [1.82, 2.24) is 4.90 Å². The summed E-state index contributed by atoms with van der Waals surface area (Å²) in [6.07, 6.45) is 4.47. The van der Waals surface area contributed by atoms with Crippen molar-refractivity contribution in [3.63, 3.8) is 0 Å². The maximum absolute atomic E-state index is 10.2. The first-order valence-electron chi connectivity index (χ1n) is 7.31. The summed E-state index contributed by atoms with van der Waals surface area (Å²) in [6.45, 7) is 3.58. The Balaban J connectivity index is 0.000000217. The molecule has 0 saturated carbocycles. The van der Waals surface area contributed by atoms with Crippen LogP contribution in [0.2, 0.25) is 0 Å². The molecular weight excluding hydrogens is 254 g/mol. The van der Waals surface area contributed by atoms with Gasteiger partial charge in [0.15, 0.2) is 0 Å². The van der Waals surface area contributed by atoms with Gasteiger partial charge in [0, 0.05) is 13.0 Å². The maximum atomic E-state index is 10.2. The number of aliphatic hydroxyl groups is 1. The summed E-state index contributed by atoms with van der Waals surface area (Å²) < 4.78 is 0. The van der Waals surface area contributed by atoms with Crippen LogP contribution >= 0.6 is 0 Å². The van der Waals surface area contributed by atoms with Crippen LogP contribution in [-0.2, 0) is 11.2 Å². The molecule has 0 amide bonds. The molecule has 1 fully saturated rings. The number of likely N-dealkylation sites (tertiary alicyclic amines) is 1. The van der Waals surface area contributed by atoms with Crippen LogP contribution in [0.15, 0.2) is 30.3 Å². The predicted molar refractivity (Wildman–Crippen MR) is 79.8 cm³/mol. The summed E-state index contributed by atoms with van der Waals surface area (Å²) in [4.78, 5) is 12.5. The van der Waals surface area contributed by atoms with Crippen molar-refractivity contribution in [2.24, 2.45) is 0 Å². The van der Waals surface area contributed by atoms with Gasteiger partial charge in [-0.3, -0.25) is 4.79 Å². The molecule has 0 spiro atoms. The Bertz CT molecular complexity index is 361. The fraction of sp³-hybridized carbons (Fsp3) is 0.562. The van der Waals surface area contributed by atoms with E-state index in [1.807, 2.05) is 30.3 Å². The molecule has 2 N–H and O–H groups in total. The number of benzene rings is 1. The normalized spacial score (nSPS) is 14.7. The minimum Gasteiger partial charge on any atom is -0.481 e. The molecule has 0 radical (unpaired) electrons. The van der Waals surface area contributed by atoms with Gasteiger partial charge in [0.25, 0.3) is 0 Å². The van der Waals surface area contributed by atoms with Crippen LogP contribution in [0.4, 0.5) is 0 Å². The van der Waals surface area contributed by atoms with Gasteiger partial charge in [0.2, 0.25) is 0 Å². The summed E-state index contributed by atoms with van der Waals surface area (Å²) in [6, 6.07) is 9.93. The summed E-state index contributed by atoms with van der Waals surface area (Å²) in [5, 5.41) is 16.9. The molecular formula is C16H25NO3. The minimum absolute atomic E-state index is 0.259. The van der Waals surface area contributed by atoms with Crippen molar-refractivity contribution in [3.8, 4) is 0 Å². The predicted octanol–water partition coefficient (Wildman–Crippen LogP) is 2.17. The first-order valence-corrected chi connectivity index (χ1v) is 7.31. The van der Waals surface area contributed by atoms with E-state index in [2.05, 4.69) is 4.90 Å². The van der Waals surface area contributed by atoms with Gasteiger partial charge in [-0.15, -0.1) is 0 Å². The molecule has 2 rings (SSSR count). The van der Waals surface area contributed by atoms with E-state index in [1.165, 1.54) is 31.5 Å². The average Bonchev–Trinajstić information content (AvgIpc) is 2.94. The van der Waals surface area contributed by atoms with Gasteiger partial charge in [0.05, 0.1) is 6.61 Å². The number of aliphatic hydroxyl groups excluding tert-OH is 1. The fourth-order valence-corrected chi connectivity index (χ4v) is 2.24. The number of rotatable bonds is 6. The maximum Gasteiger partial charge on any atom is 0.303 e. The molecule has 4 heteroatoms. The second-order valence-corrected chi connectivity index (χ2v) is 5.01. The molecule has 112 valence electrons. The lowest BCUT2D eigenvalue weighted by Gasteiger charge is -2.10. The number of nitrogens with zero attached hydrogens (tertiary/aromatic N) is 1. The molecule has 0 unspecified atom stereocenters.